The topological polar surface area (TPSA) is 91.1 Å². The maximum Gasteiger partial charge on any atom is 0.393 e. The summed E-state index contributed by atoms with van der Waals surface area (Å²) in [5, 5.41) is 1.72. The van der Waals surface area contributed by atoms with Gasteiger partial charge in [-0.1, -0.05) is 6.07 Å². The van der Waals surface area contributed by atoms with Crippen LogP contribution in [0.1, 0.15) is 46.6 Å². The van der Waals surface area contributed by atoms with Crippen molar-refractivity contribution in [2.45, 2.75) is 44.8 Å². The molecule has 2 saturated heterocycles. The minimum absolute atomic E-state index is 0.277. The lowest BCUT2D eigenvalue weighted by Gasteiger charge is -2.47. The van der Waals surface area contributed by atoms with Crippen LogP contribution in [0.25, 0.3) is 21.1 Å². The number of benzene rings is 1. The van der Waals surface area contributed by atoms with Crippen LogP contribution in [0.3, 0.4) is 0 Å². The highest BCUT2D eigenvalue weighted by Gasteiger charge is 2.38. The van der Waals surface area contributed by atoms with Crippen LogP contribution >= 0.6 is 11.3 Å². The fourth-order valence-corrected chi connectivity index (χ4v) is 7.00. The monoisotopic (exact) mass is 542 g/mol. The molecule has 0 unspecified atom stereocenters. The van der Waals surface area contributed by atoms with Crippen molar-refractivity contribution >= 4 is 44.2 Å². The number of amides is 1. The van der Waals surface area contributed by atoms with E-state index >= 15 is 0 Å². The molecule has 1 aromatic carbocycles. The third-order valence-electron chi connectivity index (χ3n) is 8.13. The van der Waals surface area contributed by atoms with Gasteiger partial charge in [-0.15, -0.1) is 11.3 Å². The second-order valence-corrected chi connectivity index (χ2v) is 11.8. The molecule has 0 radical (unpaired) electrons. The number of likely N-dealkylation sites (tertiary alicyclic amines) is 1. The van der Waals surface area contributed by atoms with E-state index in [1.165, 1.54) is 11.9 Å². The Balaban J connectivity index is 1.07. The first kappa shape index (κ1) is 25.1. The molecule has 5 heterocycles. The third-order valence-corrected chi connectivity index (χ3v) is 9.17. The van der Waals surface area contributed by atoms with Crippen LogP contribution in [0.4, 0.5) is 19.0 Å². The molecular weight excluding hydrogens is 513 g/mol. The van der Waals surface area contributed by atoms with Gasteiger partial charge in [-0.2, -0.15) is 13.2 Å². The summed E-state index contributed by atoms with van der Waals surface area (Å²) < 4.78 is 38.7. The summed E-state index contributed by atoms with van der Waals surface area (Å²) in [5.41, 5.74) is 8.24. The maximum atomic E-state index is 12.9. The zero-order valence-corrected chi connectivity index (χ0v) is 21.7. The Morgan fingerprint density at radius 3 is 2.50 bits per heavy atom. The van der Waals surface area contributed by atoms with Crippen molar-refractivity contribution in [3.63, 3.8) is 0 Å². The van der Waals surface area contributed by atoms with Gasteiger partial charge < -0.3 is 15.6 Å². The summed E-state index contributed by atoms with van der Waals surface area (Å²) in [6, 6.07) is 9.64. The molecule has 0 saturated carbocycles. The average Bonchev–Trinajstić information content (AvgIpc) is 3.48. The molecule has 200 valence electrons. The zero-order chi connectivity index (χ0) is 26.5. The van der Waals surface area contributed by atoms with Crippen LogP contribution in [0.5, 0.6) is 0 Å². The molecule has 7 nitrogen and oxygen atoms in total. The number of nitrogens with zero attached hydrogens (tertiary/aromatic N) is 4. The van der Waals surface area contributed by atoms with E-state index in [9.17, 15) is 18.0 Å². The predicted molar refractivity (Wildman–Crippen MR) is 142 cm³/mol. The van der Waals surface area contributed by atoms with E-state index in [1.54, 1.807) is 12.1 Å². The number of hydrogen-bond acceptors (Lipinski definition) is 6. The van der Waals surface area contributed by atoms with Gasteiger partial charge in [0.05, 0.1) is 11.8 Å². The number of primary amides is 1. The zero-order valence-electron chi connectivity index (χ0n) is 20.9. The van der Waals surface area contributed by atoms with Crippen LogP contribution in [-0.4, -0.2) is 58.1 Å². The second-order valence-electron chi connectivity index (χ2n) is 10.7. The average molecular weight is 543 g/mol. The molecular formula is C27H29F3N6OS. The summed E-state index contributed by atoms with van der Waals surface area (Å²) >= 11 is 1.10. The molecule has 2 fully saturated rings. The number of nitrogens with two attached hydrogens (primary N) is 1. The largest absolute Gasteiger partial charge is 0.393 e. The molecule has 2 aliphatic rings. The molecule has 11 heteroatoms. The summed E-state index contributed by atoms with van der Waals surface area (Å²) in [6.07, 6.45) is 0.672. The molecule has 3 aromatic heterocycles. The van der Waals surface area contributed by atoms with Crippen molar-refractivity contribution in [2.75, 3.05) is 31.1 Å². The van der Waals surface area contributed by atoms with Crippen LogP contribution in [0, 0.1) is 5.41 Å². The Kier molecular flexibility index (Phi) is 6.30. The Labute approximate surface area is 221 Å². The molecule has 0 bridgehead atoms. The van der Waals surface area contributed by atoms with Crippen molar-refractivity contribution in [1.82, 2.24) is 19.9 Å². The third kappa shape index (κ3) is 5.09. The Morgan fingerprint density at radius 1 is 1.05 bits per heavy atom. The van der Waals surface area contributed by atoms with Crippen LogP contribution in [0.15, 0.2) is 36.7 Å². The van der Waals surface area contributed by atoms with Crippen molar-refractivity contribution < 1.29 is 18.0 Å². The Morgan fingerprint density at radius 2 is 1.79 bits per heavy atom. The highest BCUT2D eigenvalue weighted by molar-refractivity contribution is 7.18. The van der Waals surface area contributed by atoms with Gasteiger partial charge in [0.2, 0.25) is 0 Å². The van der Waals surface area contributed by atoms with Gasteiger partial charge in [-0.25, -0.2) is 9.97 Å². The normalized spacial score (nSPS) is 18.6. The fourth-order valence-electron chi connectivity index (χ4n) is 5.98. The van der Waals surface area contributed by atoms with Gasteiger partial charge in [0.25, 0.3) is 5.91 Å². The van der Waals surface area contributed by atoms with Gasteiger partial charge in [-0.3, -0.25) is 9.69 Å². The number of nitrogens with one attached hydrogen (secondary N) is 1. The van der Waals surface area contributed by atoms with Crippen LogP contribution in [0.2, 0.25) is 0 Å². The Bertz CT molecular complexity index is 1480. The number of thiophene rings is 1. The molecule has 38 heavy (non-hydrogen) atoms. The van der Waals surface area contributed by atoms with E-state index in [-0.39, 0.29) is 4.88 Å². The summed E-state index contributed by atoms with van der Waals surface area (Å²) in [7, 11) is 0. The highest BCUT2D eigenvalue weighted by Crippen LogP contribution is 2.43. The molecule has 1 spiro atoms. The van der Waals surface area contributed by atoms with E-state index < -0.39 is 18.5 Å². The highest BCUT2D eigenvalue weighted by atomic mass is 32.1. The predicted octanol–water partition coefficient (Wildman–Crippen LogP) is 5.26. The lowest BCUT2D eigenvalue weighted by atomic mass is 9.71. The number of carbonyl (C=O) groups is 1. The number of hydrogen-bond donors (Lipinski definition) is 2. The van der Waals surface area contributed by atoms with E-state index in [4.69, 9.17) is 5.73 Å². The quantitative estimate of drug-likeness (QED) is 0.359. The van der Waals surface area contributed by atoms with Gasteiger partial charge in [0, 0.05) is 35.4 Å². The first-order valence-electron chi connectivity index (χ1n) is 12.9. The number of aromatic amines is 1. The maximum absolute atomic E-state index is 12.9. The number of aromatic nitrogens is 3. The second kappa shape index (κ2) is 9.53. The summed E-state index contributed by atoms with van der Waals surface area (Å²) in [5.74, 6) is 0.299. The SMILES string of the molecule is NC(=O)c1cc2cc(CN3CCC4(CC3)CCN(c3ncnc5sc(CC(F)(F)F)cc35)CC4)ccc2[nH]1. The first-order valence-corrected chi connectivity index (χ1v) is 13.7. The van der Waals surface area contributed by atoms with Crippen LogP contribution < -0.4 is 10.6 Å². The fraction of sp³-hybridized carbons (Fsp3) is 0.444. The number of alkyl halides is 3. The molecule has 2 aliphatic heterocycles. The van der Waals surface area contributed by atoms with Gasteiger partial charge in [0.1, 0.15) is 22.7 Å². The number of carbonyl (C=O) groups excluding carboxylic acids is 1. The molecule has 0 atom stereocenters. The lowest BCUT2D eigenvalue weighted by molar-refractivity contribution is -0.126. The standard InChI is InChI=1S/C27H29F3N6OS/c28-27(29,30)14-19-13-20-24(32-16-33-25(20)38-19)36-9-5-26(6-10-36)3-7-35(8-4-26)15-17-1-2-21-18(11-17)12-22(34-21)23(31)37/h1-2,11-13,16,34H,3-10,14-15H2,(H2,31,37). The van der Waals surface area contributed by atoms with E-state index in [0.717, 1.165) is 91.9 Å². The van der Waals surface area contributed by atoms with Gasteiger partial charge in [0.15, 0.2) is 0 Å². The Hall–Kier alpha value is -3.18. The van der Waals surface area contributed by atoms with Crippen molar-refractivity contribution in [2.24, 2.45) is 11.1 Å². The minimum Gasteiger partial charge on any atom is -0.364 e. The van der Waals surface area contributed by atoms with E-state index in [1.807, 2.05) is 6.07 Å². The lowest BCUT2D eigenvalue weighted by Crippen LogP contribution is -2.46. The van der Waals surface area contributed by atoms with E-state index in [2.05, 4.69) is 36.9 Å². The number of anilines is 1. The van der Waals surface area contributed by atoms with Gasteiger partial charge in [-0.05, 0) is 74.0 Å². The summed E-state index contributed by atoms with van der Waals surface area (Å²) in [4.78, 5) is 28.8. The number of halogens is 3. The number of piperidine rings is 2. The number of rotatable bonds is 5. The minimum atomic E-state index is -4.23. The van der Waals surface area contributed by atoms with Crippen molar-refractivity contribution in [3.05, 3.63) is 52.8 Å². The van der Waals surface area contributed by atoms with Crippen LogP contribution in [-0.2, 0) is 13.0 Å². The number of fused-ring (bicyclic) bond motifs is 2. The molecule has 0 aliphatic carbocycles. The van der Waals surface area contributed by atoms with Crippen molar-refractivity contribution in [3.8, 4) is 0 Å². The molecule has 1 amide bonds. The molecule has 6 rings (SSSR count). The van der Waals surface area contributed by atoms with E-state index in [0.29, 0.717) is 15.9 Å². The molecule has 4 aromatic rings. The van der Waals surface area contributed by atoms with Gasteiger partial charge >= 0.3 is 6.18 Å². The van der Waals surface area contributed by atoms with Crippen molar-refractivity contribution in [1.29, 1.82) is 0 Å². The molecule has 3 N–H and O–H groups in total. The smallest absolute Gasteiger partial charge is 0.364 e. The number of H-pyrrole nitrogens is 1. The first-order chi connectivity index (χ1) is 18.2. The summed E-state index contributed by atoms with van der Waals surface area (Å²) in [6.45, 7) is 4.62.